The van der Waals surface area contributed by atoms with Crippen molar-refractivity contribution < 1.29 is 19.1 Å². The van der Waals surface area contributed by atoms with Crippen LogP contribution in [0.15, 0.2) is 34.9 Å². The van der Waals surface area contributed by atoms with Crippen LogP contribution in [0.5, 0.6) is 0 Å². The molecule has 0 aliphatic heterocycles. The molecule has 0 spiro atoms. The zero-order valence-electron chi connectivity index (χ0n) is 15.0. The summed E-state index contributed by atoms with van der Waals surface area (Å²) >= 11 is 0. The number of hydrogen-bond acceptors (Lipinski definition) is 4. The number of hydrogen-bond donors (Lipinski definition) is 3. The van der Waals surface area contributed by atoms with E-state index in [1.807, 2.05) is 32.9 Å². The second-order valence-corrected chi connectivity index (χ2v) is 6.66. The van der Waals surface area contributed by atoms with Gasteiger partial charge >= 0.3 is 11.8 Å². The Kier molecular flexibility index (Phi) is 5.64. The Hall–Kier alpha value is -2.60. The molecule has 1 heterocycles. The largest absolute Gasteiger partial charge is 0.469 e. The van der Waals surface area contributed by atoms with Crippen LogP contribution in [0.3, 0.4) is 0 Å². The number of furan rings is 1. The van der Waals surface area contributed by atoms with E-state index >= 15 is 0 Å². The number of aryl methyl sites for hydroxylation is 3. The van der Waals surface area contributed by atoms with Crippen molar-refractivity contribution in [3.8, 4) is 0 Å². The first-order valence-electron chi connectivity index (χ1n) is 8.10. The molecule has 0 aliphatic rings. The van der Waals surface area contributed by atoms with Gasteiger partial charge in [-0.25, -0.2) is 0 Å². The standard InChI is InChI=1S/C19H24N2O4/c1-12-8-13(2)16(14(3)9-12)21-18(23)17(22)20-11-19(4,24)10-15-6-5-7-25-15/h5-9,24H,10-11H2,1-4H3,(H,20,22)(H,21,23). The van der Waals surface area contributed by atoms with Crippen LogP contribution < -0.4 is 10.6 Å². The average Bonchev–Trinajstić information content (AvgIpc) is 3.00. The molecule has 3 N–H and O–H groups in total. The molecule has 1 unspecified atom stereocenters. The second kappa shape index (κ2) is 7.53. The highest BCUT2D eigenvalue weighted by Crippen LogP contribution is 2.21. The Morgan fingerprint density at radius 1 is 1.16 bits per heavy atom. The lowest BCUT2D eigenvalue weighted by molar-refractivity contribution is -0.136. The zero-order chi connectivity index (χ0) is 18.6. The van der Waals surface area contributed by atoms with Gasteiger partial charge in [-0.15, -0.1) is 0 Å². The van der Waals surface area contributed by atoms with Crippen LogP contribution in [0.1, 0.15) is 29.4 Å². The molecular weight excluding hydrogens is 320 g/mol. The first kappa shape index (κ1) is 18.7. The highest BCUT2D eigenvalue weighted by molar-refractivity contribution is 6.39. The van der Waals surface area contributed by atoms with Crippen molar-refractivity contribution in [3.63, 3.8) is 0 Å². The normalized spacial score (nSPS) is 13.2. The van der Waals surface area contributed by atoms with Gasteiger partial charge in [-0.2, -0.15) is 0 Å². The van der Waals surface area contributed by atoms with Gasteiger partial charge in [0, 0.05) is 18.7 Å². The van der Waals surface area contributed by atoms with E-state index in [0.717, 1.165) is 16.7 Å². The minimum atomic E-state index is -1.22. The fourth-order valence-electron chi connectivity index (χ4n) is 2.75. The monoisotopic (exact) mass is 344 g/mol. The van der Waals surface area contributed by atoms with Crippen molar-refractivity contribution in [1.82, 2.24) is 5.32 Å². The molecule has 0 saturated heterocycles. The van der Waals surface area contributed by atoms with Crippen molar-refractivity contribution in [3.05, 3.63) is 53.0 Å². The van der Waals surface area contributed by atoms with Crippen LogP contribution in [0.4, 0.5) is 5.69 Å². The van der Waals surface area contributed by atoms with E-state index in [9.17, 15) is 14.7 Å². The predicted octanol–water partition coefficient (Wildman–Crippen LogP) is 2.25. The van der Waals surface area contributed by atoms with Gasteiger partial charge in [0.1, 0.15) is 5.76 Å². The lowest BCUT2D eigenvalue weighted by atomic mass is 10.0. The van der Waals surface area contributed by atoms with Crippen LogP contribution in [0.25, 0.3) is 0 Å². The molecule has 1 atom stereocenters. The summed E-state index contributed by atoms with van der Waals surface area (Å²) in [6.45, 7) is 7.23. The highest BCUT2D eigenvalue weighted by atomic mass is 16.3. The smallest absolute Gasteiger partial charge is 0.313 e. The Labute approximate surface area is 147 Å². The molecule has 6 nitrogen and oxygen atoms in total. The fraction of sp³-hybridized carbons (Fsp3) is 0.368. The lowest BCUT2D eigenvalue weighted by Crippen LogP contribution is -2.45. The number of nitrogens with one attached hydrogen (secondary N) is 2. The molecule has 0 bridgehead atoms. The summed E-state index contributed by atoms with van der Waals surface area (Å²) in [5.41, 5.74) is 2.29. The van der Waals surface area contributed by atoms with Gasteiger partial charge in [-0.05, 0) is 51.0 Å². The van der Waals surface area contributed by atoms with Gasteiger partial charge in [-0.1, -0.05) is 17.7 Å². The number of amides is 2. The summed E-state index contributed by atoms with van der Waals surface area (Å²) in [6, 6.07) is 7.35. The molecule has 0 aliphatic carbocycles. The number of benzene rings is 1. The van der Waals surface area contributed by atoms with E-state index in [1.54, 1.807) is 19.1 Å². The molecule has 0 saturated carbocycles. The third-order valence-electron chi connectivity index (χ3n) is 3.89. The molecule has 25 heavy (non-hydrogen) atoms. The second-order valence-electron chi connectivity index (χ2n) is 6.66. The first-order chi connectivity index (χ1) is 11.7. The molecule has 2 rings (SSSR count). The van der Waals surface area contributed by atoms with Crippen molar-refractivity contribution in [2.75, 3.05) is 11.9 Å². The molecule has 2 aromatic rings. The summed E-state index contributed by atoms with van der Waals surface area (Å²) in [5.74, 6) is -0.947. The van der Waals surface area contributed by atoms with Gasteiger partial charge in [0.15, 0.2) is 0 Å². The molecule has 0 radical (unpaired) electrons. The van der Waals surface area contributed by atoms with Crippen molar-refractivity contribution in [2.24, 2.45) is 0 Å². The molecule has 1 aromatic carbocycles. The van der Waals surface area contributed by atoms with Crippen molar-refractivity contribution >= 4 is 17.5 Å². The first-order valence-corrected chi connectivity index (χ1v) is 8.10. The topological polar surface area (TPSA) is 91.6 Å². The maximum Gasteiger partial charge on any atom is 0.313 e. The predicted molar refractivity (Wildman–Crippen MR) is 95.3 cm³/mol. The molecule has 2 amide bonds. The van der Waals surface area contributed by atoms with E-state index in [-0.39, 0.29) is 13.0 Å². The SMILES string of the molecule is Cc1cc(C)c(NC(=O)C(=O)NCC(C)(O)Cc2ccco2)c(C)c1. The van der Waals surface area contributed by atoms with Gasteiger partial charge in [0.25, 0.3) is 0 Å². The Morgan fingerprint density at radius 2 is 1.80 bits per heavy atom. The Bertz CT molecular complexity index is 741. The van der Waals surface area contributed by atoms with Crippen molar-refractivity contribution in [2.45, 2.75) is 39.7 Å². The van der Waals surface area contributed by atoms with E-state index in [1.165, 1.54) is 6.26 Å². The van der Waals surface area contributed by atoms with Gasteiger partial charge < -0.3 is 20.2 Å². The zero-order valence-corrected chi connectivity index (χ0v) is 15.0. The van der Waals surface area contributed by atoms with Crippen LogP contribution >= 0.6 is 0 Å². The number of rotatable bonds is 5. The van der Waals surface area contributed by atoms with Gasteiger partial charge in [0.2, 0.25) is 0 Å². The Morgan fingerprint density at radius 3 is 2.36 bits per heavy atom. The molecular formula is C19H24N2O4. The molecule has 134 valence electrons. The fourth-order valence-corrected chi connectivity index (χ4v) is 2.75. The summed E-state index contributed by atoms with van der Waals surface area (Å²) < 4.78 is 5.19. The third kappa shape index (κ3) is 5.19. The van der Waals surface area contributed by atoms with Crippen LogP contribution in [-0.2, 0) is 16.0 Å². The Balaban J connectivity index is 1.93. The maximum atomic E-state index is 12.1. The molecule has 6 heteroatoms. The van der Waals surface area contributed by atoms with Crippen molar-refractivity contribution in [1.29, 1.82) is 0 Å². The summed E-state index contributed by atoms with van der Waals surface area (Å²) in [7, 11) is 0. The molecule has 0 fully saturated rings. The summed E-state index contributed by atoms with van der Waals surface area (Å²) in [4.78, 5) is 24.1. The summed E-state index contributed by atoms with van der Waals surface area (Å²) in [6.07, 6.45) is 1.75. The van der Waals surface area contributed by atoms with Crippen LogP contribution in [0, 0.1) is 20.8 Å². The lowest BCUT2D eigenvalue weighted by Gasteiger charge is -2.22. The van der Waals surface area contributed by atoms with Gasteiger partial charge in [-0.3, -0.25) is 9.59 Å². The highest BCUT2D eigenvalue weighted by Gasteiger charge is 2.25. The molecule has 1 aromatic heterocycles. The average molecular weight is 344 g/mol. The van der Waals surface area contributed by atoms with Gasteiger partial charge in [0.05, 0.1) is 11.9 Å². The van der Waals surface area contributed by atoms with E-state index in [4.69, 9.17) is 4.42 Å². The number of anilines is 1. The number of carbonyl (C=O) groups excluding carboxylic acids is 2. The van der Waals surface area contributed by atoms with E-state index in [0.29, 0.717) is 11.4 Å². The quantitative estimate of drug-likeness (QED) is 0.726. The number of carbonyl (C=O) groups is 2. The van der Waals surface area contributed by atoms with Crippen LogP contribution in [-0.4, -0.2) is 29.1 Å². The van der Waals surface area contributed by atoms with E-state index < -0.39 is 17.4 Å². The number of aliphatic hydroxyl groups is 1. The van der Waals surface area contributed by atoms with E-state index in [2.05, 4.69) is 10.6 Å². The van der Waals surface area contributed by atoms with Crippen LogP contribution in [0.2, 0.25) is 0 Å². The minimum absolute atomic E-state index is 0.0637. The third-order valence-corrected chi connectivity index (χ3v) is 3.89. The maximum absolute atomic E-state index is 12.1. The summed E-state index contributed by atoms with van der Waals surface area (Å²) in [5, 5.41) is 15.4. The minimum Gasteiger partial charge on any atom is -0.469 e.